The second-order valence-corrected chi connectivity index (χ2v) is 4.95. The lowest BCUT2D eigenvalue weighted by molar-refractivity contribution is 0.204. The van der Waals surface area contributed by atoms with Crippen molar-refractivity contribution in [2.45, 2.75) is 39.3 Å². The van der Waals surface area contributed by atoms with Gasteiger partial charge >= 0.3 is 0 Å². The average Bonchev–Trinajstić information content (AvgIpc) is 3.02. The van der Waals surface area contributed by atoms with E-state index in [2.05, 4.69) is 49.1 Å². The van der Waals surface area contributed by atoms with E-state index in [4.69, 9.17) is 0 Å². The zero-order valence-electron chi connectivity index (χ0n) is 9.82. The molecular weight excluding hydrogens is 182 g/mol. The first-order valence-corrected chi connectivity index (χ1v) is 6.03. The number of hydrogen-bond donors (Lipinski definition) is 0. The smallest absolute Gasteiger partial charge is 0.0236 e. The summed E-state index contributed by atoms with van der Waals surface area (Å²) in [6.45, 7) is 6.98. The minimum absolute atomic E-state index is 0.658. The van der Waals surface area contributed by atoms with Crippen molar-refractivity contribution in [3.63, 3.8) is 0 Å². The van der Waals surface area contributed by atoms with Crippen molar-refractivity contribution < 1.29 is 0 Å². The molecule has 0 saturated heterocycles. The lowest BCUT2D eigenvalue weighted by atomic mass is 10.2. The van der Waals surface area contributed by atoms with Gasteiger partial charge in [-0.15, -0.1) is 0 Å². The van der Waals surface area contributed by atoms with E-state index < -0.39 is 0 Å². The summed E-state index contributed by atoms with van der Waals surface area (Å²) in [5.41, 5.74) is 1.44. The maximum absolute atomic E-state index is 2.59. The molecule has 1 fully saturated rings. The fourth-order valence-electron chi connectivity index (χ4n) is 1.91. The molecule has 0 unspecified atom stereocenters. The van der Waals surface area contributed by atoms with Gasteiger partial charge in [0.25, 0.3) is 0 Å². The van der Waals surface area contributed by atoms with Crippen LogP contribution in [0, 0.1) is 5.92 Å². The minimum Gasteiger partial charge on any atom is -0.296 e. The van der Waals surface area contributed by atoms with Crippen LogP contribution in [0.5, 0.6) is 0 Å². The molecular formula is C14H21N. The van der Waals surface area contributed by atoms with Gasteiger partial charge in [0.2, 0.25) is 0 Å². The van der Waals surface area contributed by atoms with Crippen LogP contribution in [-0.4, -0.2) is 17.5 Å². The van der Waals surface area contributed by atoms with Crippen molar-refractivity contribution >= 4 is 0 Å². The van der Waals surface area contributed by atoms with Crippen LogP contribution >= 0.6 is 0 Å². The highest BCUT2D eigenvalue weighted by atomic mass is 15.1. The van der Waals surface area contributed by atoms with E-state index in [0.717, 1.165) is 12.5 Å². The van der Waals surface area contributed by atoms with E-state index in [1.165, 1.54) is 24.9 Å². The van der Waals surface area contributed by atoms with Crippen LogP contribution in [0.3, 0.4) is 0 Å². The van der Waals surface area contributed by atoms with Gasteiger partial charge in [-0.2, -0.15) is 0 Å². The Morgan fingerprint density at radius 3 is 2.40 bits per heavy atom. The van der Waals surface area contributed by atoms with E-state index in [1.807, 2.05) is 0 Å². The van der Waals surface area contributed by atoms with Crippen LogP contribution in [0.25, 0.3) is 0 Å². The molecule has 82 valence electrons. The van der Waals surface area contributed by atoms with Gasteiger partial charge in [0.1, 0.15) is 0 Å². The first-order chi connectivity index (χ1) is 7.25. The molecule has 1 aromatic carbocycles. The fraction of sp³-hybridized carbons (Fsp3) is 0.571. The molecule has 0 spiro atoms. The van der Waals surface area contributed by atoms with Crippen molar-refractivity contribution in [3.8, 4) is 0 Å². The van der Waals surface area contributed by atoms with Gasteiger partial charge in [-0.05, 0) is 38.2 Å². The molecule has 1 aliphatic carbocycles. The molecule has 0 amide bonds. The highest BCUT2D eigenvalue weighted by molar-refractivity contribution is 5.14. The highest BCUT2D eigenvalue weighted by Gasteiger charge is 2.25. The molecule has 0 bridgehead atoms. The molecule has 0 aromatic heterocycles. The molecule has 0 aliphatic heterocycles. The van der Waals surface area contributed by atoms with Gasteiger partial charge in [-0.1, -0.05) is 30.3 Å². The Kier molecular flexibility index (Phi) is 3.42. The molecule has 2 rings (SSSR count). The minimum atomic E-state index is 0.658. The summed E-state index contributed by atoms with van der Waals surface area (Å²) < 4.78 is 0. The van der Waals surface area contributed by atoms with Crippen LogP contribution in [0.4, 0.5) is 0 Å². The maximum atomic E-state index is 2.59. The van der Waals surface area contributed by atoms with Gasteiger partial charge < -0.3 is 0 Å². The van der Waals surface area contributed by atoms with Crippen molar-refractivity contribution in [1.29, 1.82) is 0 Å². The van der Waals surface area contributed by atoms with E-state index in [1.54, 1.807) is 0 Å². The predicted molar refractivity (Wildman–Crippen MR) is 64.7 cm³/mol. The van der Waals surface area contributed by atoms with E-state index >= 15 is 0 Å². The molecule has 1 aliphatic rings. The third-order valence-electron chi connectivity index (χ3n) is 3.15. The predicted octanol–water partition coefficient (Wildman–Crippen LogP) is 3.31. The number of nitrogens with zero attached hydrogens (tertiary/aromatic N) is 1. The first kappa shape index (κ1) is 10.7. The zero-order chi connectivity index (χ0) is 10.7. The molecule has 15 heavy (non-hydrogen) atoms. The number of benzene rings is 1. The maximum Gasteiger partial charge on any atom is 0.0236 e. The average molecular weight is 203 g/mol. The van der Waals surface area contributed by atoms with Crippen molar-refractivity contribution in [1.82, 2.24) is 4.90 Å². The Hall–Kier alpha value is -0.820. The van der Waals surface area contributed by atoms with Gasteiger partial charge in [-0.3, -0.25) is 4.90 Å². The van der Waals surface area contributed by atoms with Gasteiger partial charge in [0, 0.05) is 19.1 Å². The van der Waals surface area contributed by atoms with Crippen LogP contribution in [-0.2, 0) is 6.54 Å². The van der Waals surface area contributed by atoms with Crippen molar-refractivity contribution in [2.24, 2.45) is 5.92 Å². The van der Waals surface area contributed by atoms with E-state index in [0.29, 0.717) is 6.04 Å². The summed E-state index contributed by atoms with van der Waals surface area (Å²) in [4.78, 5) is 2.59. The SMILES string of the molecule is CC(C)N(Cc1ccccc1)CC1CC1. The summed E-state index contributed by atoms with van der Waals surface area (Å²) in [6.07, 6.45) is 2.88. The van der Waals surface area contributed by atoms with Crippen LogP contribution in [0.1, 0.15) is 32.3 Å². The monoisotopic (exact) mass is 203 g/mol. The molecule has 0 atom stereocenters. The van der Waals surface area contributed by atoms with Gasteiger partial charge in [-0.25, -0.2) is 0 Å². The molecule has 1 nitrogen and oxygen atoms in total. The Morgan fingerprint density at radius 2 is 1.87 bits per heavy atom. The van der Waals surface area contributed by atoms with E-state index in [9.17, 15) is 0 Å². The first-order valence-electron chi connectivity index (χ1n) is 6.03. The second kappa shape index (κ2) is 4.80. The third-order valence-corrected chi connectivity index (χ3v) is 3.15. The molecule has 1 saturated carbocycles. The summed E-state index contributed by atoms with van der Waals surface area (Å²) in [7, 11) is 0. The van der Waals surface area contributed by atoms with Crippen LogP contribution in [0.15, 0.2) is 30.3 Å². The molecule has 0 N–H and O–H groups in total. The second-order valence-electron chi connectivity index (χ2n) is 4.95. The molecule has 1 heteroatoms. The summed E-state index contributed by atoms with van der Waals surface area (Å²) in [5, 5.41) is 0. The number of rotatable bonds is 5. The summed E-state index contributed by atoms with van der Waals surface area (Å²) in [6, 6.07) is 11.5. The van der Waals surface area contributed by atoms with Crippen molar-refractivity contribution in [3.05, 3.63) is 35.9 Å². The van der Waals surface area contributed by atoms with Gasteiger partial charge in [0.05, 0.1) is 0 Å². The lowest BCUT2D eigenvalue weighted by Crippen LogP contribution is -2.32. The number of hydrogen-bond acceptors (Lipinski definition) is 1. The quantitative estimate of drug-likeness (QED) is 0.709. The Morgan fingerprint density at radius 1 is 1.20 bits per heavy atom. The Labute approximate surface area is 93.1 Å². The van der Waals surface area contributed by atoms with E-state index in [-0.39, 0.29) is 0 Å². The summed E-state index contributed by atoms with van der Waals surface area (Å²) >= 11 is 0. The molecule has 1 aromatic rings. The lowest BCUT2D eigenvalue weighted by Gasteiger charge is -2.26. The van der Waals surface area contributed by atoms with Crippen LogP contribution < -0.4 is 0 Å². The highest BCUT2D eigenvalue weighted by Crippen LogP contribution is 2.30. The molecule has 0 radical (unpaired) electrons. The normalized spacial score (nSPS) is 16.3. The van der Waals surface area contributed by atoms with Gasteiger partial charge in [0.15, 0.2) is 0 Å². The standard InChI is InChI=1S/C14H21N/c1-12(2)15(11-14-8-9-14)10-13-6-4-3-5-7-13/h3-7,12,14H,8-11H2,1-2H3. The van der Waals surface area contributed by atoms with Crippen molar-refractivity contribution in [2.75, 3.05) is 6.54 Å². The largest absolute Gasteiger partial charge is 0.296 e. The van der Waals surface area contributed by atoms with Crippen LogP contribution in [0.2, 0.25) is 0 Å². The third kappa shape index (κ3) is 3.35. The Bertz CT molecular complexity index is 287. The zero-order valence-corrected chi connectivity index (χ0v) is 9.82. The topological polar surface area (TPSA) is 3.24 Å². The molecule has 0 heterocycles. The summed E-state index contributed by atoms with van der Waals surface area (Å²) in [5.74, 6) is 0.983. The fourth-order valence-corrected chi connectivity index (χ4v) is 1.91. The Balaban J connectivity index is 1.93.